The van der Waals surface area contributed by atoms with Crippen LogP contribution in [0.25, 0.3) is 11.0 Å². The van der Waals surface area contributed by atoms with E-state index in [1.165, 1.54) is 6.20 Å². The molecule has 0 aliphatic carbocycles. The van der Waals surface area contributed by atoms with E-state index in [2.05, 4.69) is 25.4 Å². The van der Waals surface area contributed by atoms with Crippen molar-refractivity contribution in [1.29, 1.82) is 0 Å². The van der Waals surface area contributed by atoms with Gasteiger partial charge in [0.1, 0.15) is 0 Å². The molecule has 0 amide bonds. The van der Waals surface area contributed by atoms with Gasteiger partial charge in [-0.1, -0.05) is 0 Å². The van der Waals surface area contributed by atoms with E-state index in [-0.39, 0.29) is 5.28 Å². The molecule has 3 aromatic heterocycles. The first-order chi connectivity index (χ1) is 11.5. The summed E-state index contributed by atoms with van der Waals surface area (Å²) in [4.78, 5) is 24.2. The molecule has 0 unspecified atom stereocenters. The number of pyridine rings is 1. The summed E-state index contributed by atoms with van der Waals surface area (Å²) in [5.41, 5.74) is 2.33. The molecule has 0 aromatic carbocycles. The van der Waals surface area contributed by atoms with Gasteiger partial charge in [0.15, 0.2) is 11.5 Å². The van der Waals surface area contributed by atoms with E-state index < -0.39 is 5.97 Å². The fraction of sp³-hybridized carbons (Fsp3) is 0.267. The number of carbonyl (C=O) groups excluding carboxylic acids is 1. The van der Waals surface area contributed by atoms with Crippen LogP contribution < -0.4 is 5.32 Å². The van der Waals surface area contributed by atoms with Crippen LogP contribution in [-0.4, -0.2) is 37.3 Å². The Labute approximate surface area is 142 Å². The summed E-state index contributed by atoms with van der Waals surface area (Å²) in [5, 5.41) is 8.41. The minimum absolute atomic E-state index is 0.152. The first-order valence-electron chi connectivity index (χ1n) is 7.25. The van der Waals surface area contributed by atoms with E-state index in [1.54, 1.807) is 30.9 Å². The molecule has 0 bridgehead atoms. The number of halogens is 1. The molecule has 0 radical (unpaired) electrons. The number of anilines is 2. The SMILES string of the molecule is CCOC(=O)c1cnc(C)c(Nc2nn(C)c3nc(Cl)ncc23)c1. The van der Waals surface area contributed by atoms with E-state index in [4.69, 9.17) is 16.3 Å². The van der Waals surface area contributed by atoms with Crippen LogP contribution in [0.15, 0.2) is 18.5 Å². The molecule has 8 nitrogen and oxygen atoms in total. The molecule has 3 aromatic rings. The largest absolute Gasteiger partial charge is 0.462 e. The number of carbonyl (C=O) groups is 1. The molecular formula is C15H15ClN6O2. The molecule has 3 heterocycles. The maximum absolute atomic E-state index is 11.9. The fourth-order valence-electron chi connectivity index (χ4n) is 2.22. The van der Waals surface area contributed by atoms with Gasteiger partial charge in [0.05, 0.1) is 28.9 Å². The Morgan fingerprint density at radius 2 is 2.17 bits per heavy atom. The van der Waals surface area contributed by atoms with E-state index >= 15 is 0 Å². The number of nitrogens with zero attached hydrogens (tertiary/aromatic N) is 5. The normalized spacial score (nSPS) is 10.8. The molecule has 3 rings (SSSR count). The highest BCUT2D eigenvalue weighted by Crippen LogP contribution is 2.26. The minimum Gasteiger partial charge on any atom is -0.462 e. The second kappa shape index (κ2) is 6.40. The molecule has 0 fully saturated rings. The molecule has 0 aliphatic heterocycles. The van der Waals surface area contributed by atoms with Gasteiger partial charge in [-0.25, -0.2) is 14.5 Å². The average Bonchev–Trinajstić information content (AvgIpc) is 2.85. The Balaban J connectivity index is 1.99. The molecule has 24 heavy (non-hydrogen) atoms. The third-order valence-corrected chi connectivity index (χ3v) is 3.58. The fourth-order valence-corrected chi connectivity index (χ4v) is 2.35. The van der Waals surface area contributed by atoms with Crippen LogP contribution in [0.1, 0.15) is 23.0 Å². The van der Waals surface area contributed by atoms with Crippen molar-refractivity contribution in [3.63, 3.8) is 0 Å². The summed E-state index contributed by atoms with van der Waals surface area (Å²) in [6.45, 7) is 3.89. The highest BCUT2D eigenvalue weighted by Gasteiger charge is 2.14. The Bertz CT molecular complexity index is 924. The zero-order valence-corrected chi connectivity index (χ0v) is 14.1. The van der Waals surface area contributed by atoms with Crippen LogP contribution in [0, 0.1) is 6.92 Å². The summed E-state index contributed by atoms with van der Waals surface area (Å²) in [6.07, 6.45) is 3.08. The third-order valence-electron chi connectivity index (χ3n) is 3.40. The van der Waals surface area contributed by atoms with Crippen molar-refractivity contribution in [2.24, 2.45) is 7.05 Å². The average molecular weight is 347 g/mol. The molecule has 0 atom stereocenters. The van der Waals surface area contributed by atoms with Crippen molar-refractivity contribution in [3.8, 4) is 0 Å². The lowest BCUT2D eigenvalue weighted by atomic mass is 10.2. The summed E-state index contributed by atoms with van der Waals surface area (Å²) >= 11 is 5.83. The van der Waals surface area contributed by atoms with Crippen molar-refractivity contribution in [2.45, 2.75) is 13.8 Å². The van der Waals surface area contributed by atoms with E-state index in [0.717, 1.165) is 5.69 Å². The number of aryl methyl sites for hydroxylation is 2. The number of hydrogen-bond acceptors (Lipinski definition) is 7. The van der Waals surface area contributed by atoms with Crippen molar-refractivity contribution < 1.29 is 9.53 Å². The maximum Gasteiger partial charge on any atom is 0.339 e. The predicted molar refractivity (Wildman–Crippen MR) is 89.5 cm³/mol. The van der Waals surface area contributed by atoms with Gasteiger partial charge in [-0.15, -0.1) is 0 Å². The van der Waals surface area contributed by atoms with Crippen LogP contribution in [0.2, 0.25) is 5.28 Å². The molecule has 124 valence electrons. The minimum atomic E-state index is -0.422. The van der Waals surface area contributed by atoms with Gasteiger partial charge in [-0.3, -0.25) is 4.98 Å². The van der Waals surface area contributed by atoms with Crippen LogP contribution in [-0.2, 0) is 11.8 Å². The summed E-state index contributed by atoms with van der Waals surface area (Å²) in [6, 6.07) is 1.68. The van der Waals surface area contributed by atoms with E-state index in [0.29, 0.717) is 34.7 Å². The number of rotatable bonds is 4. The lowest BCUT2D eigenvalue weighted by Gasteiger charge is -2.09. The molecule has 9 heteroatoms. The van der Waals surface area contributed by atoms with Gasteiger partial charge in [-0.05, 0) is 31.5 Å². The van der Waals surface area contributed by atoms with Gasteiger partial charge in [0.25, 0.3) is 0 Å². The highest BCUT2D eigenvalue weighted by atomic mass is 35.5. The zero-order valence-electron chi connectivity index (χ0n) is 13.4. The number of fused-ring (bicyclic) bond motifs is 1. The number of esters is 1. The van der Waals surface area contributed by atoms with Crippen LogP contribution in [0.4, 0.5) is 11.5 Å². The Morgan fingerprint density at radius 3 is 2.92 bits per heavy atom. The van der Waals surface area contributed by atoms with E-state index in [1.807, 2.05) is 6.92 Å². The van der Waals surface area contributed by atoms with Crippen LogP contribution >= 0.6 is 11.6 Å². The Hall–Kier alpha value is -2.74. The highest BCUT2D eigenvalue weighted by molar-refractivity contribution is 6.28. The standard InChI is InChI=1S/C15H15ClN6O2/c1-4-24-14(23)9-5-11(8(2)17-6-9)19-12-10-7-18-15(16)20-13(10)22(3)21-12/h5-7H,4H2,1-3H3,(H,19,21). The molecular weight excluding hydrogens is 332 g/mol. The smallest absolute Gasteiger partial charge is 0.339 e. The summed E-state index contributed by atoms with van der Waals surface area (Å²) in [5.74, 6) is 0.129. The van der Waals surface area contributed by atoms with Crippen LogP contribution in [0.3, 0.4) is 0 Å². The first-order valence-corrected chi connectivity index (χ1v) is 7.63. The molecule has 0 saturated heterocycles. The quantitative estimate of drug-likeness (QED) is 0.573. The van der Waals surface area contributed by atoms with Gasteiger partial charge in [-0.2, -0.15) is 10.1 Å². The maximum atomic E-state index is 11.9. The van der Waals surface area contributed by atoms with Gasteiger partial charge in [0.2, 0.25) is 5.28 Å². The summed E-state index contributed by atoms with van der Waals surface area (Å²) < 4.78 is 6.60. The predicted octanol–water partition coefficient (Wildman–Crippen LogP) is 2.64. The first kappa shape index (κ1) is 16.1. The monoisotopic (exact) mass is 346 g/mol. The van der Waals surface area contributed by atoms with Crippen LogP contribution in [0.5, 0.6) is 0 Å². The van der Waals surface area contributed by atoms with Crippen molar-refractivity contribution in [1.82, 2.24) is 24.7 Å². The van der Waals surface area contributed by atoms with Crippen molar-refractivity contribution in [2.75, 3.05) is 11.9 Å². The van der Waals surface area contributed by atoms with Crippen molar-refractivity contribution >= 4 is 40.1 Å². The second-order valence-corrected chi connectivity index (χ2v) is 5.39. The number of hydrogen-bond donors (Lipinski definition) is 1. The molecule has 1 N–H and O–H groups in total. The molecule has 0 aliphatic rings. The van der Waals surface area contributed by atoms with E-state index in [9.17, 15) is 4.79 Å². The molecule has 0 spiro atoms. The topological polar surface area (TPSA) is 94.8 Å². The number of aromatic nitrogens is 5. The summed E-state index contributed by atoms with van der Waals surface area (Å²) in [7, 11) is 1.76. The second-order valence-electron chi connectivity index (χ2n) is 5.05. The third kappa shape index (κ3) is 3.00. The van der Waals surface area contributed by atoms with Crippen molar-refractivity contribution in [3.05, 3.63) is 35.0 Å². The van der Waals surface area contributed by atoms with Gasteiger partial charge >= 0.3 is 5.97 Å². The van der Waals surface area contributed by atoms with Gasteiger partial charge in [0, 0.05) is 19.4 Å². The van der Waals surface area contributed by atoms with Gasteiger partial charge < -0.3 is 10.1 Å². The lowest BCUT2D eigenvalue weighted by Crippen LogP contribution is -2.07. The zero-order chi connectivity index (χ0) is 17.3. The molecule has 0 saturated carbocycles. The number of nitrogens with one attached hydrogen (secondary N) is 1. The number of ether oxygens (including phenoxy) is 1. The lowest BCUT2D eigenvalue weighted by molar-refractivity contribution is 0.0526. The Kier molecular flexibility index (Phi) is 4.30. The Morgan fingerprint density at radius 1 is 1.38 bits per heavy atom.